The third-order valence-electron chi connectivity index (χ3n) is 4.90. The van der Waals surface area contributed by atoms with Gasteiger partial charge in [0.2, 0.25) is 5.91 Å². The number of halogens is 1. The summed E-state index contributed by atoms with van der Waals surface area (Å²) in [5.41, 5.74) is 0.570. The van der Waals surface area contributed by atoms with Gasteiger partial charge >= 0.3 is 12.2 Å². The van der Waals surface area contributed by atoms with Crippen LogP contribution in [0.5, 0.6) is 0 Å². The number of nitrogens with one attached hydrogen (secondary N) is 2. The number of carbonyl (C=O) groups is 3. The van der Waals surface area contributed by atoms with E-state index in [-0.39, 0.29) is 44.4 Å². The van der Waals surface area contributed by atoms with Crippen LogP contribution in [0.2, 0.25) is 0 Å². The molecule has 2 aliphatic rings. The predicted octanol–water partition coefficient (Wildman–Crippen LogP) is 0.583. The second-order valence-electron chi connectivity index (χ2n) is 7.13. The Morgan fingerprint density at radius 3 is 2.77 bits per heavy atom. The molecule has 0 radical (unpaired) electrons. The van der Waals surface area contributed by atoms with Crippen LogP contribution in [0.3, 0.4) is 0 Å². The van der Waals surface area contributed by atoms with E-state index < -0.39 is 36.3 Å². The minimum absolute atomic E-state index is 0.137. The smallest absolute Gasteiger partial charge is 0.414 e. The molecule has 0 aromatic heterocycles. The molecule has 0 saturated carbocycles. The van der Waals surface area contributed by atoms with Gasteiger partial charge in [0.15, 0.2) is 0 Å². The summed E-state index contributed by atoms with van der Waals surface area (Å²) >= 11 is 0. The predicted molar refractivity (Wildman–Crippen MR) is 105 cm³/mol. The average Bonchev–Trinajstić information content (AvgIpc) is 3.22. The first-order valence-electron chi connectivity index (χ1n) is 9.67. The van der Waals surface area contributed by atoms with Crippen LogP contribution in [-0.4, -0.2) is 74.2 Å². The van der Waals surface area contributed by atoms with Gasteiger partial charge in [0, 0.05) is 20.0 Å². The van der Waals surface area contributed by atoms with Gasteiger partial charge in [-0.3, -0.25) is 9.69 Å². The highest BCUT2D eigenvalue weighted by Gasteiger charge is 2.35. The minimum Gasteiger partial charge on any atom is -0.450 e. The molecule has 3 rings (SSSR count). The highest BCUT2D eigenvalue weighted by molar-refractivity contribution is 5.90. The second-order valence-corrected chi connectivity index (χ2v) is 7.13. The fraction of sp³-hybridized carbons (Fsp3) is 0.526. The third kappa shape index (κ3) is 4.90. The summed E-state index contributed by atoms with van der Waals surface area (Å²) in [5, 5.41) is 15.3. The Kier molecular flexibility index (Phi) is 6.60. The molecule has 0 spiro atoms. The van der Waals surface area contributed by atoms with Crippen molar-refractivity contribution < 1.29 is 33.4 Å². The Morgan fingerprint density at radius 2 is 2.10 bits per heavy atom. The van der Waals surface area contributed by atoms with Crippen LogP contribution in [0.1, 0.15) is 13.8 Å². The lowest BCUT2D eigenvalue weighted by atomic mass is 10.2. The molecular formula is C19H25FN4O6. The van der Waals surface area contributed by atoms with Crippen molar-refractivity contribution in [1.29, 1.82) is 0 Å². The number of aliphatic hydroxyl groups is 1. The number of cyclic esters (lactones) is 1. The molecule has 2 saturated heterocycles. The molecule has 30 heavy (non-hydrogen) atoms. The molecule has 0 unspecified atom stereocenters. The molecule has 3 N–H and O–H groups in total. The Hall–Kier alpha value is -3.08. The summed E-state index contributed by atoms with van der Waals surface area (Å²) in [6.07, 6.45) is -2.66. The van der Waals surface area contributed by atoms with Crippen LogP contribution >= 0.6 is 0 Å². The molecular weight excluding hydrogens is 399 g/mol. The summed E-state index contributed by atoms with van der Waals surface area (Å²) in [5.74, 6) is -0.807. The first kappa shape index (κ1) is 21.6. The molecule has 3 amide bonds. The highest BCUT2D eigenvalue weighted by Crippen LogP contribution is 2.30. The Labute approximate surface area is 172 Å². The maximum absolute atomic E-state index is 14.8. The topological polar surface area (TPSA) is 120 Å². The van der Waals surface area contributed by atoms with Gasteiger partial charge in [-0.2, -0.15) is 0 Å². The van der Waals surface area contributed by atoms with Crippen LogP contribution in [0, 0.1) is 5.82 Å². The van der Waals surface area contributed by atoms with Crippen LogP contribution in [0.15, 0.2) is 18.2 Å². The number of amides is 3. The lowest BCUT2D eigenvalue weighted by Gasteiger charge is -2.21. The number of benzene rings is 1. The van der Waals surface area contributed by atoms with Crippen molar-refractivity contribution in [1.82, 2.24) is 10.6 Å². The van der Waals surface area contributed by atoms with Gasteiger partial charge in [0.1, 0.15) is 11.9 Å². The first-order chi connectivity index (χ1) is 14.3. The van der Waals surface area contributed by atoms with Crippen LogP contribution in [0.25, 0.3) is 0 Å². The Morgan fingerprint density at radius 1 is 1.33 bits per heavy atom. The van der Waals surface area contributed by atoms with E-state index in [9.17, 15) is 23.9 Å². The monoisotopic (exact) mass is 424 g/mol. The maximum Gasteiger partial charge on any atom is 0.414 e. The molecule has 2 heterocycles. The zero-order chi connectivity index (χ0) is 21.8. The van der Waals surface area contributed by atoms with Crippen molar-refractivity contribution in [2.45, 2.75) is 32.1 Å². The quantitative estimate of drug-likeness (QED) is 0.611. The van der Waals surface area contributed by atoms with E-state index in [2.05, 4.69) is 10.6 Å². The standard InChI is InChI=1S/C19H25FN4O6/c1-3-29-18(27)22-15-9-23(10-17(15)26)16-5-4-12(6-14(16)20)24-8-13(30-19(24)28)7-21-11(2)25/h4-6,13,15,17,26H,3,7-10H2,1-2H3,(H,21,25)(H,22,27)/t13-,15+,17+/m0/s1. The van der Waals surface area contributed by atoms with Gasteiger partial charge in [-0.15, -0.1) is 0 Å². The molecule has 2 aliphatic heterocycles. The average molecular weight is 424 g/mol. The van der Waals surface area contributed by atoms with E-state index in [1.54, 1.807) is 17.9 Å². The van der Waals surface area contributed by atoms with Crippen molar-refractivity contribution in [2.24, 2.45) is 0 Å². The van der Waals surface area contributed by atoms with Gasteiger partial charge in [-0.05, 0) is 25.1 Å². The molecule has 0 aliphatic carbocycles. The van der Waals surface area contributed by atoms with Crippen molar-refractivity contribution in [2.75, 3.05) is 42.6 Å². The van der Waals surface area contributed by atoms with Gasteiger partial charge < -0.3 is 30.1 Å². The van der Waals surface area contributed by atoms with E-state index in [1.165, 1.54) is 24.0 Å². The number of carbonyl (C=O) groups excluding carboxylic acids is 3. The van der Waals surface area contributed by atoms with Crippen molar-refractivity contribution in [3.8, 4) is 0 Å². The molecule has 2 fully saturated rings. The third-order valence-corrected chi connectivity index (χ3v) is 4.90. The van der Waals surface area contributed by atoms with Crippen LogP contribution in [0.4, 0.5) is 25.4 Å². The fourth-order valence-corrected chi connectivity index (χ4v) is 3.47. The van der Waals surface area contributed by atoms with Crippen molar-refractivity contribution >= 4 is 29.5 Å². The number of alkyl carbamates (subject to hydrolysis) is 1. The van der Waals surface area contributed by atoms with E-state index >= 15 is 0 Å². The molecule has 0 bridgehead atoms. The highest BCUT2D eigenvalue weighted by atomic mass is 19.1. The molecule has 11 heteroatoms. The number of nitrogens with zero attached hydrogens (tertiary/aromatic N) is 2. The maximum atomic E-state index is 14.8. The number of hydrogen-bond donors (Lipinski definition) is 3. The summed E-state index contributed by atoms with van der Waals surface area (Å²) in [7, 11) is 0. The zero-order valence-corrected chi connectivity index (χ0v) is 16.8. The number of anilines is 2. The van der Waals surface area contributed by atoms with E-state index in [0.29, 0.717) is 5.69 Å². The van der Waals surface area contributed by atoms with E-state index in [0.717, 1.165) is 0 Å². The Bertz CT molecular complexity index is 822. The first-order valence-corrected chi connectivity index (χ1v) is 9.67. The fourth-order valence-electron chi connectivity index (χ4n) is 3.47. The molecule has 1 aromatic rings. The number of aliphatic hydroxyl groups excluding tert-OH is 1. The number of ether oxygens (including phenoxy) is 2. The summed E-state index contributed by atoms with van der Waals surface area (Å²) in [4.78, 5) is 37.6. The van der Waals surface area contributed by atoms with Crippen molar-refractivity contribution in [3.63, 3.8) is 0 Å². The molecule has 164 valence electrons. The number of rotatable bonds is 6. The summed E-state index contributed by atoms with van der Waals surface area (Å²) in [6, 6.07) is 3.72. The van der Waals surface area contributed by atoms with Gasteiger partial charge in [-0.25, -0.2) is 14.0 Å². The summed E-state index contributed by atoms with van der Waals surface area (Å²) < 4.78 is 24.8. The summed E-state index contributed by atoms with van der Waals surface area (Å²) in [6.45, 7) is 3.96. The molecule has 1 aromatic carbocycles. The zero-order valence-electron chi connectivity index (χ0n) is 16.8. The van der Waals surface area contributed by atoms with Gasteiger partial charge in [-0.1, -0.05) is 0 Å². The Balaban J connectivity index is 1.65. The van der Waals surface area contributed by atoms with E-state index in [4.69, 9.17) is 9.47 Å². The van der Waals surface area contributed by atoms with Crippen LogP contribution < -0.4 is 20.4 Å². The van der Waals surface area contributed by atoms with Gasteiger partial charge in [0.25, 0.3) is 0 Å². The van der Waals surface area contributed by atoms with Crippen LogP contribution in [-0.2, 0) is 14.3 Å². The molecule has 10 nitrogen and oxygen atoms in total. The largest absolute Gasteiger partial charge is 0.450 e. The number of β-amino-alcohol motifs (C(OH)–C–C–N with tert-alkyl or cyclic N) is 1. The minimum atomic E-state index is -0.878. The SMILES string of the molecule is CCOC(=O)N[C@@H]1CN(c2ccc(N3C[C@H](CNC(C)=O)OC3=O)cc2F)C[C@H]1O. The number of hydrogen-bond acceptors (Lipinski definition) is 7. The molecule has 3 atom stereocenters. The van der Waals surface area contributed by atoms with E-state index in [1.807, 2.05) is 0 Å². The lowest BCUT2D eigenvalue weighted by Crippen LogP contribution is -2.43. The van der Waals surface area contributed by atoms with Gasteiger partial charge in [0.05, 0.1) is 43.2 Å². The second kappa shape index (κ2) is 9.16. The van der Waals surface area contributed by atoms with Crippen molar-refractivity contribution in [3.05, 3.63) is 24.0 Å². The lowest BCUT2D eigenvalue weighted by molar-refractivity contribution is -0.119. The normalized spacial score (nSPS) is 23.3.